The number of amides is 1. The number of fused-ring (bicyclic) bond motifs is 3. The van der Waals surface area contributed by atoms with Crippen molar-refractivity contribution in [3.63, 3.8) is 0 Å². The molecule has 3 aromatic carbocycles. The van der Waals surface area contributed by atoms with Gasteiger partial charge in [0.25, 0.3) is 5.56 Å². The van der Waals surface area contributed by atoms with Crippen molar-refractivity contribution in [1.29, 1.82) is 0 Å². The molecule has 2 aromatic heterocycles. The molecule has 0 spiro atoms. The van der Waals surface area contributed by atoms with Crippen LogP contribution in [0.1, 0.15) is 5.56 Å². The zero-order valence-corrected chi connectivity index (χ0v) is 18.4. The van der Waals surface area contributed by atoms with Gasteiger partial charge >= 0.3 is 0 Å². The number of hydrogen-bond donors (Lipinski definition) is 1. The molecule has 0 aliphatic heterocycles. The number of thioether (sulfide) groups is 1. The molecule has 0 unspecified atom stereocenters. The van der Waals surface area contributed by atoms with Crippen LogP contribution < -0.4 is 10.9 Å². The van der Waals surface area contributed by atoms with Gasteiger partial charge in [0.15, 0.2) is 5.16 Å². The van der Waals surface area contributed by atoms with Crippen molar-refractivity contribution in [2.45, 2.75) is 11.7 Å². The molecule has 0 saturated heterocycles. The lowest BCUT2D eigenvalue weighted by molar-refractivity contribution is -0.113. The van der Waals surface area contributed by atoms with Crippen LogP contribution in [0, 0.1) is 11.6 Å². The average molecular weight is 477 g/mol. The highest BCUT2D eigenvalue weighted by atomic mass is 32.2. The number of hydrogen-bond acceptors (Lipinski definition) is 5. The monoisotopic (exact) mass is 477 g/mol. The smallest absolute Gasteiger partial charge is 0.263 e. The molecule has 0 atom stereocenters. The number of nitrogens with zero attached hydrogens (tertiary/aromatic N) is 4. The molecule has 5 rings (SSSR count). The molecule has 1 N–H and O–H groups in total. The Morgan fingerprint density at radius 2 is 1.74 bits per heavy atom. The van der Waals surface area contributed by atoms with E-state index >= 15 is 0 Å². The number of anilines is 1. The summed E-state index contributed by atoms with van der Waals surface area (Å²) in [7, 11) is 0. The highest BCUT2D eigenvalue weighted by Gasteiger charge is 2.18. The van der Waals surface area contributed by atoms with Crippen molar-refractivity contribution in [2.24, 2.45) is 0 Å². The van der Waals surface area contributed by atoms with E-state index in [9.17, 15) is 18.4 Å². The van der Waals surface area contributed by atoms with Crippen LogP contribution >= 0.6 is 11.8 Å². The summed E-state index contributed by atoms with van der Waals surface area (Å²) < 4.78 is 30.2. The van der Waals surface area contributed by atoms with E-state index in [1.54, 1.807) is 33.2 Å². The van der Waals surface area contributed by atoms with Gasteiger partial charge in [0.2, 0.25) is 11.7 Å². The largest absolute Gasteiger partial charge is 0.323 e. The topological polar surface area (TPSA) is 81.3 Å². The Morgan fingerprint density at radius 1 is 0.971 bits per heavy atom. The van der Waals surface area contributed by atoms with Gasteiger partial charge in [-0.1, -0.05) is 54.2 Å². The minimum atomic E-state index is -0.859. The zero-order valence-electron chi connectivity index (χ0n) is 17.6. The number of aromatic nitrogens is 4. The van der Waals surface area contributed by atoms with Crippen molar-refractivity contribution in [3.05, 3.63) is 100 Å². The second-order valence-corrected chi connectivity index (χ2v) is 8.42. The summed E-state index contributed by atoms with van der Waals surface area (Å²) in [6, 6.07) is 19.6. The molecule has 1 amide bonds. The fraction of sp³-hybridized carbons (Fsp3) is 0.0833. The van der Waals surface area contributed by atoms with Crippen molar-refractivity contribution in [2.75, 3.05) is 11.1 Å². The minimum absolute atomic E-state index is 0.0935. The molecule has 170 valence electrons. The Hall–Kier alpha value is -4.05. The molecule has 7 nitrogen and oxygen atoms in total. The summed E-state index contributed by atoms with van der Waals surface area (Å²) in [4.78, 5) is 25.6. The Kier molecular flexibility index (Phi) is 5.81. The quantitative estimate of drug-likeness (QED) is 0.373. The molecule has 2 heterocycles. The van der Waals surface area contributed by atoms with Crippen molar-refractivity contribution in [1.82, 2.24) is 19.2 Å². The van der Waals surface area contributed by atoms with Crippen LogP contribution in [0.4, 0.5) is 14.5 Å². The number of halogens is 2. The summed E-state index contributed by atoms with van der Waals surface area (Å²) in [6.45, 7) is 0.307. The van der Waals surface area contributed by atoms with Gasteiger partial charge in [0, 0.05) is 6.07 Å². The zero-order chi connectivity index (χ0) is 23.7. The number of carbonyl (C=O) groups is 1. The number of para-hydroxylation sites is 1. The lowest BCUT2D eigenvalue weighted by Crippen LogP contribution is -2.24. The lowest BCUT2D eigenvalue weighted by Gasteiger charge is -2.11. The fourth-order valence-electron chi connectivity index (χ4n) is 3.64. The van der Waals surface area contributed by atoms with Gasteiger partial charge in [-0.05, 0) is 29.8 Å². The summed E-state index contributed by atoms with van der Waals surface area (Å²) in [6.07, 6.45) is 0. The SMILES string of the molecule is O=C(CSc1nnc2n(Cc3ccccc3)c(=O)c3ccccc3n12)Nc1ccc(F)cc1F. The summed E-state index contributed by atoms with van der Waals surface area (Å²) in [5, 5.41) is 11.8. The van der Waals surface area contributed by atoms with E-state index in [0.717, 1.165) is 29.5 Å². The maximum atomic E-state index is 13.8. The van der Waals surface area contributed by atoms with Gasteiger partial charge in [-0.2, -0.15) is 0 Å². The molecule has 0 aliphatic rings. The Bertz CT molecular complexity index is 1580. The van der Waals surface area contributed by atoms with E-state index in [4.69, 9.17) is 0 Å². The summed E-state index contributed by atoms with van der Waals surface area (Å²) in [5.41, 5.74) is 1.24. The van der Waals surface area contributed by atoms with Crippen LogP contribution in [0.15, 0.2) is 82.7 Å². The number of nitrogens with one attached hydrogen (secondary N) is 1. The first-order valence-electron chi connectivity index (χ1n) is 10.3. The number of rotatable bonds is 6. The molecule has 10 heteroatoms. The van der Waals surface area contributed by atoms with E-state index in [0.29, 0.717) is 34.4 Å². The third kappa shape index (κ3) is 4.15. The van der Waals surface area contributed by atoms with Crippen LogP contribution in [0.25, 0.3) is 16.7 Å². The molecule has 0 aliphatic carbocycles. The van der Waals surface area contributed by atoms with Crippen LogP contribution in [-0.2, 0) is 11.3 Å². The molecular weight excluding hydrogens is 460 g/mol. The number of benzene rings is 3. The lowest BCUT2D eigenvalue weighted by atomic mass is 10.2. The summed E-state index contributed by atoms with van der Waals surface area (Å²) in [5.74, 6) is -1.83. The van der Waals surface area contributed by atoms with Crippen molar-refractivity contribution in [3.8, 4) is 0 Å². The van der Waals surface area contributed by atoms with Crippen LogP contribution in [0.3, 0.4) is 0 Å². The third-order valence-corrected chi connectivity index (χ3v) is 6.13. The first-order chi connectivity index (χ1) is 16.5. The first-order valence-corrected chi connectivity index (χ1v) is 11.3. The van der Waals surface area contributed by atoms with Crippen LogP contribution in [0.2, 0.25) is 0 Å². The highest BCUT2D eigenvalue weighted by Crippen LogP contribution is 2.23. The fourth-order valence-corrected chi connectivity index (χ4v) is 4.38. The molecular formula is C24H17F2N5O2S. The standard InChI is InChI=1S/C24H17F2N5O2S/c25-16-10-11-19(18(26)12-16)27-21(32)14-34-24-29-28-23-30(13-15-6-2-1-3-7-15)22(33)17-8-4-5-9-20(17)31(23)24/h1-12H,13-14H2,(H,27,32). The van der Waals surface area contributed by atoms with E-state index < -0.39 is 17.5 Å². The minimum Gasteiger partial charge on any atom is -0.323 e. The van der Waals surface area contributed by atoms with Gasteiger partial charge in [0.05, 0.1) is 28.9 Å². The van der Waals surface area contributed by atoms with E-state index in [-0.39, 0.29) is 17.0 Å². The molecule has 0 radical (unpaired) electrons. The van der Waals surface area contributed by atoms with E-state index in [1.165, 1.54) is 0 Å². The van der Waals surface area contributed by atoms with E-state index in [2.05, 4.69) is 15.5 Å². The summed E-state index contributed by atoms with van der Waals surface area (Å²) >= 11 is 1.09. The van der Waals surface area contributed by atoms with Gasteiger partial charge in [-0.3, -0.25) is 18.6 Å². The molecule has 5 aromatic rings. The van der Waals surface area contributed by atoms with Crippen LogP contribution in [0.5, 0.6) is 0 Å². The second kappa shape index (κ2) is 9.06. The molecule has 34 heavy (non-hydrogen) atoms. The molecule has 0 bridgehead atoms. The molecule has 0 fully saturated rings. The van der Waals surface area contributed by atoms with Gasteiger partial charge in [-0.25, -0.2) is 8.78 Å². The highest BCUT2D eigenvalue weighted by molar-refractivity contribution is 7.99. The van der Waals surface area contributed by atoms with Gasteiger partial charge in [-0.15, -0.1) is 10.2 Å². The second-order valence-electron chi connectivity index (χ2n) is 7.47. The predicted molar refractivity (Wildman–Crippen MR) is 126 cm³/mol. The van der Waals surface area contributed by atoms with Gasteiger partial charge in [0.1, 0.15) is 11.6 Å². The average Bonchev–Trinajstić information content (AvgIpc) is 3.27. The maximum absolute atomic E-state index is 13.8. The first kappa shape index (κ1) is 21.8. The Morgan fingerprint density at radius 3 is 2.53 bits per heavy atom. The normalized spacial score (nSPS) is 11.2. The van der Waals surface area contributed by atoms with Gasteiger partial charge < -0.3 is 5.32 Å². The maximum Gasteiger partial charge on any atom is 0.263 e. The van der Waals surface area contributed by atoms with E-state index in [1.807, 2.05) is 30.3 Å². The number of carbonyl (C=O) groups excluding carboxylic acids is 1. The van der Waals surface area contributed by atoms with Crippen molar-refractivity contribution >= 4 is 40.0 Å². The Balaban J connectivity index is 1.49. The molecule has 0 saturated carbocycles. The van der Waals surface area contributed by atoms with Crippen molar-refractivity contribution < 1.29 is 13.6 Å². The predicted octanol–water partition coefficient (Wildman–Crippen LogP) is 4.10. The van der Waals surface area contributed by atoms with Crippen LogP contribution in [-0.4, -0.2) is 30.8 Å². The Labute approximate surface area is 196 Å². The third-order valence-electron chi connectivity index (χ3n) is 5.20.